The molecule has 114 valence electrons. The molecule has 21 heavy (non-hydrogen) atoms. The van der Waals surface area contributed by atoms with Crippen molar-refractivity contribution in [3.8, 4) is 0 Å². The average Bonchev–Trinajstić information content (AvgIpc) is 3.30. The van der Waals surface area contributed by atoms with E-state index in [9.17, 15) is 9.59 Å². The minimum Gasteiger partial charge on any atom is -0.469 e. The molecule has 0 aliphatic heterocycles. The Morgan fingerprint density at radius 1 is 1.33 bits per heavy atom. The summed E-state index contributed by atoms with van der Waals surface area (Å²) in [5.74, 6) is -0.643. The molecule has 1 aromatic carbocycles. The third-order valence-electron chi connectivity index (χ3n) is 3.51. The van der Waals surface area contributed by atoms with Crippen molar-refractivity contribution in [3.05, 3.63) is 35.9 Å². The van der Waals surface area contributed by atoms with Gasteiger partial charge >= 0.3 is 12.0 Å². The second kappa shape index (κ2) is 7.11. The SMILES string of the molecule is COC(=O)[C@@H](C)CN(Cc1ccccc1)C(=O)NC1CC1. The fourth-order valence-corrected chi connectivity index (χ4v) is 2.12. The van der Waals surface area contributed by atoms with Crippen molar-refractivity contribution in [2.75, 3.05) is 13.7 Å². The van der Waals surface area contributed by atoms with Gasteiger partial charge in [0.15, 0.2) is 0 Å². The highest BCUT2D eigenvalue weighted by atomic mass is 16.5. The van der Waals surface area contributed by atoms with E-state index < -0.39 is 0 Å². The molecule has 0 saturated heterocycles. The smallest absolute Gasteiger partial charge is 0.317 e. The van der Waals surface area contributed by atoms with E-state index in [1.54, 1.807) is 11.8 Å². The third-order valence-corrected chi connectivity index (χ3v) is 3.51. The normalized spacial score (nSPS) is 15.1. The summed E-state index contributed by atoms with van der Waals surface area (Å²) in [5, 5.41) is 2.97. The molecule has 5 nitrogen and oxygen atoms in total. The topological polar surface area (TPSA) is 58.6 Å². The first-order valence-corrected chi connectivity index (χ1v) is 7.27. The number of hydrogen-bond acceptors (Lipinski definition) is 3. The van der Waals surface area contributed by atoms with E-state index in [1.165, 1.54) is 7.11 Å². The molecule has 0 bridgehead atoms. The predicted molar refractivity (Wildman–Crippen MR) is 79.6 cm³/mol. The maximum atomic E-state index is 12.3. The number of benzene rings is 1. The van der Waals surface area contributed by atoms with Crippen LogP contribution in [0.2, 0.25) is 0 Å². The highest BCUT2D eigenvalue weighted by molar-refractivity contribution is 5.77. The van der Waals surface area contributed by atoms with Crippen LogP contribution < -0.4 is 5.32 Å². The third kappa shape index (κ3) is 4.77. The number of ether oxygens (including phenoxy) is 1. The predicted octanol–water partition coefficient (Wildman–Crippen LogP) is 2.17. The molecule has 1 atom stereocenters. The zero-order valence-electron chi connectivity index (χ0n) is 12.5. The van der Waals surface area contributed by atoms with Crippen molar-refractivity contribution in [3.63, 3.8) is 0 Å². The molecule has 1 fully saturated rings. The van der Waals surface area contributed by atoms with Gasteiger partial charge in [0.1, 0.15) is 0 Å². The number of carbonyl (C=O) groups excluding carboxylic acids is 2. The number of hydrogen-bond donors (Lipinski definition) is 1. The second-order valence-electron chi connectivity index (χ2n) is 5.51. The molecule has 0 spiro atoms. The fourth-order valence-electron chi connectivity index (χ4n) is 2.12. The van der Waals surface area contributed by atoms with Gasteiger partial charge in [-0.05, 0) is 18.4 Å². The van der Waals surface area contributed by atoms with Gasteiger partial charge in [-0.15, -0.1) is 0 Å². The molecule has 1 aromatic rings. The lowest BCUT2D eigenvalue weighted by atomic mass is 10.1. The van der Waals surface area contributed by atoms with Crippen LogP contribution in [-0.4, -0.2) is 36.6 Å². The van der Waals surface area contributed by atoms with Crippen LogP contribution in [0.25, 0.3) is 0 Å². The Labute approximate surface area is 125 Å². The molecular formula is C16H22N2O3. The molecular weight excluding hydrogens is 268 g/mol. The van der Waals surface area contributed by atoms with Crippen LogP contribution in [0.1, 0.15) is 25.3 Å². The Morgan fingerprint density at radius 3 is 2.57 bits per heavy atom. The zero-order chi connectivity index (χ0) is 15.2. The van der Waals surface area contributed by atoms with Crippen molar-refractivity contribution in [2.24, 2.45) is 5.92 Å². The number of esters is 1. The van der Waals surface area contributed by atoms with Crippen LogP contribution in [-0.2, 0) is 16.1 Å². The van der Waals surface area contributed by atoms with E-state index >= 15 is 0 Å². The molecule has 2 rings (SSSR count). The van der Waals surface area contributed by atoms with Crippen molar-refractivity contribution >= 4 is 12.0 Å². The highest BCUT2D eigenvalue weighted by Gasteiger charge is 2.27. The molecule has 0 heterocycles. The minimum absolute atomic E-state index is 0.114. The van der Waals surface area contributed by atoms with Crippen molar-refractivity contribution in [1.29, 1.82) is 0 Å². The Kier molecular flexibility index (Phi) is 5.20. The molecule has 0 unspecified atom stereocenters. The Bertz CT molecular complexity index is 486. The lowest BCUT2D eigenvalue weighted by Crippen LogP contribution is -2.43. The summed E-state index contributed by atoms with van der Waals surface area (Å²) in [6, 6.07) is 9.95. The van der Waals surface area contributed by atoms with E-state index in [1.807, 2.05) is 30.3 Å². The van der Waals surface area contributed by atoms with Crippen LogP contribution in [0.4, 0.5) is 4.79 Å². The molecule has 0 radical (unpaired) electrons. The summed E-state index contributed by atoms with van der Waals surface area (Å²) in [7, 11) is 1.37. The first-order valence-electron chi connectivity index (χ1n) is 7.27. The number of methoxy groups -OCH3 is 1. The molecule has 1 aliphatic carbocycles. The van der Waals surface area contributed by atoms with Gasteiger partial charge < -0.3 is 15.0 Å². The summed E-state index contributed by atoms with van der Waals surface area (Å²) in [6.45, 7) is 2.61. The van der Waals surface area contributed by atoms with Gasteiger partial charge in [0.25, 0.3) is 0 Å². The summed E-state index contributed by atoms with van der Waals surface area (Å²) in [5.41, 5.74) is 1.04. The summed E-state index contributed by atoms with van der Waals surface area (Å²) < 4.78 is 4.74. The van der Waals surface area contributed by atoms with Crippen molar-refractivity contribution in [2.45, 2.75) is 32.4 Å². The van der Waals surface area contributed by atoms with E-state index in [0.29, 0.717) is 19.1 Å². The number of carbonyl (C=O) groups is 2. The molecule has 5 heteroatoms. The summed E-state index contributed by atoms with van der Waals surface area (Å²) >= 11 is 0. The second-order valence-corrected chi connectivity index (χ2v) is 5.51. The largest absolute Gasteiger partial charge is 0.469 e. The van der Waals surface area contributed by atoms with Crippen LogP contribution in [0.3, 0.4) is 0 Å². The lowest BCUT2D eigenvalue weighted by molar-refractivity contribution is -0.145. The Morgan fingerprint density at radius 2 is 2.00 bits per heavy atom. The van der Waals surface area contributed by atoms with Crippen LogP contribution in [0.15, 0.2) is 30.3 Å². The monoisotopic (exact) mass is 290 g/mol. The van der Waals surface area contributed by atoms with Gasteiger partial charge in [-0.25, -0.2) is 4.79 Å². The van der Waals surface area contributed by atoms with Crippen molar-refractivity contribution in [1.82, 2.24) is 10.2 Å². The molecule has 2 amide bonds. The van der Waals surface area contributed by atoms with Gasteiger partial charge in [0, 0.05) is 19.1 Å². The molecule has 1 N–H and O–H groups in total. The highest BCUT2D eigenvalue weighted by Crippen LogP contribution is 2.19. The Hall–Kier alpha value is -2.04. The van der Waals surface area contributed by atoms with Gasteiger partial charge in [-0.1, -0.05) is 37.3 Å². The van der Waals surface area contributed by atoms with Gasteiger partial charge in [0.05, 0.1) is 13.0 Å². The Balaban J connectivity index is 2.01. The standard InChI is InChI=1S/C16H22N2O3/c1-12(15(19)21-2)10-18(16(20)17-14-8-9-14)11-13-6-4-3-5-7-13/h3-7,12,14H,8-11H2,1-2H3,(H,17,20)/t12-/m0/s1. The van der Waals surface area contributed by atoms with Crippen molar-refractivity contribution < 1.29 is 14.3 Å². The first kappa shape index (κ1) is 15.4. The van der Waals surface area contributed by atoms with E-state index in [2.05, 4.69) is 5.32 Å². The number of rotatable bonds is 6. The van der Waals surface area contributed by atoms with Gasteiger partial charge in [-0.2, -0.15) is 0 Å². The van der Waals surface area contributed by atoms with Crippen LogP contribution in [0.5, 0.6) is 0 Å². The summed E-state index contributed by atoms with van der Waals surface area (Å²) in [6.07, 6.45) is 2.08. The number of amides is 2. The van der Waals surface area contributed by atoms with E-state index in [0.717, 1.165) is 18.4 Å². The first-order chi connectivity index (χ1) is 10.1. The lowest BCUT2D eigenvalue weighted by Gasteiger charge is -2.25. The average molecular weight is 290 g/mol. The maximum absolute atomic E-state index is 12.3. The van der Waals surface area contributed by atoms with E-state index in [4.69, 9.17) is 4.74 Å². The quantitative estimate of drug-likeness (QED) is 0.817. The number of nitrogens with zero attached hydrogens (tertiary/aromatic N) is 1. The molecule has 1 aliphatic rings. The van der Waals surface area contributed by atoms with Gasteiger partial charge in [0.2, 0.25) is 0 Å². The number of urea groups is 1. The number of nitrogens with one attached hydrogen (secondary N) is 1. The fraction of sp³-hybridized carbons (Fsp3) is 0.500. The minimum atomic E-state index is -0.344. The molecule has 1 saturated carbocycles. The molecule has 0 aromatic heterocycles. The van der Waals surface area contributed by atoms with Gasteiger partial charge in [-0.3, -0.25) is 4.79 Å². The van der Waals surface area contributed by atoms with Crippen LogP contribution >= 0.6 is 0 Å². The zero-order valence-corrected chi connectivity index (χ0v) is 12.5. The summed E-state index contributed by atoms with van der Waals surface area (Å²) in [4.78, 5) is 25.6. The van der Waals surface area contributed by atoms with E-state index in [-0.39, 0.29) is 17.9 Å². The van der Waals surface area contributed by atoms with Crippen LogP contribution in [0, 0.1) is 5.92 Å². The maximum Gasteiger partial charge on any atom is 0.317 e.